The number of rotatable bonds is 3. The molecule has 1 N–H and O–H groups in total. The van der Waals surface area contributed by atoms with Crippen LogP contribution in [-0.2, 0) is 9.59 Å². The van der Waals surface area contributed by atoms with Crippen LogP contribution in [-0.4, -0.2) is 22.8 Å². The molecule has 2 aromatic carbocycles. The van der Waals surface area contributed by atoms with E-state index >= 15 is 0 Å². The molecule has 2 aliphatic rings. The second-order valence-electron chi connectivity index (χ2n) is 8.81. The molecule has 160 valence electrons. The monoisotopic (exact) mass is 457 g/mol. The van der Waals surface area contributed by atoms with E-state index in [4.69, 9.17) is 23.2 Å². The lowest BCUT2D eigenvalue weighted by Crippen LogP contribution is -2.43. The van der Waals surface area contributed by atoms with Crippen molar-refractivity contribution in [3.8, 4) is 0 Å². The number of nitrogens with zero attached hydrogens (tertiary/aromatic N) is 1. The normalized spacial score (nSPS) is 20.6. The zero-order chi connectivity index (χ0) is 22.5. The number of carboxylic acid groups (broad SMARTS) is 1. The first-order valence-electron chi connectivity index (χ1n) is 9.95. The van der Waals surface area contributed by atoms with E-state index in [1.807, 2.05) is 26.0 Å². The van der Waals surface area contributed by atoms with Gasteiger partial charge in [-0.15, -0.1) is 0 Å². The summed E-state index contributed by atoms with van der Waals surface area (Å²) in [5.41, 5.74) is 2.02. The Morgan fingerprint density at radius 1 is 1.06 bits per heavy atom. The highest BCUT2D eigenvalue weighted by molar-refractivity contribution is 6.34. The summed E-state index contributed by atoms with van der Waals surface area (Å²) in [6.07, 6.45) is 0.957. The van der Waals surface area contributed by atoms with Crippen LogP contribution < -0.4 is 4.90 Å². The summed E-state index contributed by atoms with van der Waals surface area (Å²) in [5, 5.41) is 10.2. The number of benzene rings is 2. The largest absolute Gasteiger partial charge is 0.478 e. The van der Waals surface area contributed by atoms with Crippen molar-refractivity contribution in [3.63, 3.8) is 0 Å². The van der Waals surface area contributed by atoms with Gasteiger partial charge in [0, 0.05) is 35.1 Å². The van der Waals surface area contributed by atoms with Crippen molar-refractivity contribution < 1.29 is 19.5 Å². The Bertz CT molecular complexity index is 1130. The first-order chi connectivity index (χ1) is 14.6. The number of Topliss-reactive ketones (excluding diaryl/α,β-unsaturated/α-hetero) is 1. The summed E-state index contributed by atoms with van der Waals surface area (Å²) < 4.78 is 0. The smallest absolute Gasteiger partial charge is 0.335 e. The second kappa shape index (κ2) is 7.81. The molecular weight excluding hydrogens is 437 g/mol. The van der Waals surface area contributed by atoms with Crippen LogP contribution >= 0.6 is 23.2 Å². The first-order valence-corrected chi connectivity index (χ1v) is 10.7. The molecule has 0 aromatic heterocycles. The van der Waals surface area contributed by atoms with Gasteiger partial charge in [-0.1, -0.05) is 49.2 Å². The Morgan fingerprint density at radius 3 is 2.39 bits per heavy atom. The molecule has 2 aromatic rings. The van der Waals surface area contributed by atoms with Gasteiger partial charge >= 0.3 is 5.97 Å². The fourth-order valence-electron chi connectivity index (χ4n) is 4.49. The van der Waals surface area contributed by atoms with E-state index in [0.29, 0.717) is 34.8 Å². The van der Waals surface area contributed by atoms with Crippen molar-refractivity contribution in [2.24, 2.45) is 5.41 Å². The molecule has 1 aliphatic heterocycles. The van der Waals surface area contributed by atoms with E-state index in [9.17, 15) is 19.5 Å². The molecule has 0 fully saturated rings. The maximum atomic E-state index is 13.4. The predicted octanol–water partition coefficient (Wildman–Crippen LogP) is 5.86. The fraction of sp³-hybridized carbons (Fsp3) is 0.292. The van der Waals surface area contributed by atoms with E-state index in [0.717, 1.165) is 5.56 Å². The lowest BCUT2D eigenvalue weighted by Gasteiger charge is -2.43. The van der Waals surface area contributed by atoms with E-state index in [1.165, 1.54) is 23.1 Å². The molecule has 0 saturated heterocycles. The van der Waals surface area contributed by atoms with E-state index in [2.05, 4.69) is 0 Å². The average Bonchev–Trinajstić information content (AvgIpc) is 2.67. The Kier molecular flexibility index (Phi) is 5.44. The van der Waals surface area contributed by atoms with Crippen LogP contribution in [0.25, 0.3) is 0 Å². The summed E-state index contributed by atoms with van der Waals surface area (Å²) in [6.45, 7) is 3.97. The minimum absolute atomic E-state index is 0.00536. The molecule has 31 heavy (non-hydrogen) atoms. The third kappa shape index (κ3) is 4.00. The van der Waals surface area contributed by atoms with E-state index in [1.54, 1.807) is 12.1 Å². The fourth-order valence-corrected chi connectivity index (χ4v) is 4.82. The number of halogens is 2. The maximum Gasteiger partial charge on any atom is 0.335 e. The molecule has 1 unspecified atom stereocenters. The van der Waals surface area contributed by atoms with Crippen LogP contribution in [0.5, 0.6) is 0 Å². The maximum absolute atomic E-state index is 13.4. The number of amides is 1. The van der Waals surface area contributed by atoms with Crippen LogP contribution in [0, 0.1) is 5.41 Å². The summed E-state index contributed by atoms with van der Waals surface area (Å²) in [6, 6.07) is 11.4. The predicted molar refractivity (Wildman–Crippen MR) is 120 cm³/mol. The third-order valence-corrected chi connectivity index (χ3v) is 6.42. The zero-order valence-corrected chi connectivity index (χ0v) is 18.6. The number of carbonyl (C=O) groups is 3. The molecule has 1 amide bonds. The molecule has 0 bridgehead atoms. The summed E-state index contributed by atoms with van der Waals surface area (Å²) in [4.78, 5) is 39.7. The third-order valence-electron chi connectivity index (χ3n) is 5.85. The Hall–Kier alpha value is -2.63. The molecule has 4 rings (SSSR count). The number of carbonyl (C=O) groups excluding carboxylic acids is 2. The Morgan fingerprint density at radius 2 is 1.74 bits per heavy atom. The van der Waals surface area contributed by atoms with E-state index in [-0.39, 0.29) is 40.0 Å². The lowest BCUT2D eigenvalue weighted by atomic mass is 9.69. The van der Waals surface area contributed by atoms with Gasteiger partial charge in [-0.3, -0.25) is 14.5 Å². The van der Waals surface area contributed by atoms with Crippen molar-refractivity contribution >= 4 is 46.5 Å². The SMILES string of the molecule is CC1(C)CC(=O)C2=C(C1)N(c1cc(C(=O)O)ccc1Cl)C(=O)CC2c1ccc(Cl)cc1. The molecular formula is C24H21Cl2NO4. The van der Waals surface area contributed by atoms with Crippen LogP contribution in [0.4, 0.5) is 5.69 Å². The Labute approximate surface area is 190 Å². The molecule has 5 nitrogen and oxygen atoms in total. The van der Waals surface area contributed by atoms with Gasteiger partial charge in [0.1, 0.15) is 0 Å². The van der Waals surface area contributed by atoms with Gasteiger partial charge in [0.15, 0.2) is 5.78 Å². The molecule has 1 atom stereocenters. The van der Waals surface area contributed by atoms with Crippen LogP contribution in [0.3, 0.4) is 0 Å². The van der Waals surface area contributed by atoms with Crippen molar-refractivity contribution in [1.82, 2.24) is 0 Å². The van der Waals surface area contributed by atoms with Gasteiger partial charge in [-0.25, -0.2) is 4.79 Å². The number of anilines is 1. The molecule has 0 radical (unpaired) electrons. The van der Waals surface area contributed by atoms with Gasteiger partial charge < -0.3 is 5.11 Å². The first kappa shape index (κ1) is 21.6. The van der Waals surface area contributed by atoms with Crippen molar-refractivity contribution in [3.05, 3.63) is 74.9 Å². The summed E-state index contributed by atoms with van der Waals surface area (Å²) >= 11 is 12.4. The number of ketones is 1. The number of aromatic carboxylic acids is 1. The quantitative estimate of drug-likeness (QED) is 0.626. The molecule has 1 aliphatic carbocycles. The van der Waals surface area contributed by atoms with Crippen molar-refractivity contribution in [2.45, 2.75) is 39.0 Å². The minimum Gasteiger partial charge on any atom is -0.478 e. The van der Waals surface area contributed by atoms with Crippen molar-refractivity contribution in [1.29, 1.82) is 0 Å². The molecule has 7 heteroatoms. The lowest BCUT2D eigenvalue weighted by molar-refractivity contribution is -0.121. The van der Waals surface area contributed by atoms with Gasteiger partial charge in [-0.05, 0) is 47.7 Å². The summed E-state index contributed by atoms with van der Waals surface area (Å²) in [5.74, 6) is -1.72. The van der Waals surface area contributed by atoms with Crippen LogP contribution in [0.2, 0.25) is 10.0 Å². The second-order valence-corrected chi connectivity index (χ2v) is 9.65. The van der Waals surface area contributed by atoms with Crippen molar-refractivity contribution in [2.75, 3.05) is 4.90 Å². The summed E-state index contributed by atoms with van der Waals surface area (Å²) in [7, 11) is 0. The van der Waals surface area contributed by atoms with Crippen LogP contribution in [0.1, 0.15) is 54.9 Å². The highest BCUT2D eigenvalue weighted by Gasteiger charge is 2.44. The average molecular weight is 458 g/mol. The standard InChI is InChI=1S/C24H21Cl2NO4/c1-24(2)11-19-22(20(28)12-24)16(13-3-6-15(25)7-4-13)10-21(29)27(19)18-9-14(23(30)31)5-8-17(18)26/h3-9,16H,10-12H2,1-2H3,(H,30,31). The number of hydrogen-bond donors (Lipinski definition) is 1. The van der Waals surface area contributed by atoms with E-state index < -0.39 is 5.97 Å². The highest BCUT2D eigenvalue weighted by Crippen LogP contribution is 2.49. The Balaban J connectivity index is 1.93. The number of hydrogen-bond acceptors (Lipinski definition) is 3. The van der Waals surface area contributed by atoms with Gasteiger partial charge in [-0.2, -0.15) is 0 Å². The molecule has 0 saturated carbocycles. The highest BCUT2D eigenvalue weighted by atomic mass is 35.5. The van der Waals surface area contributed by atoms with Crippen LogP contribution in [0.15, 0.2) is 53.7 Å². The minimum atomic E-state index is -1.12. The van der Waals surface area contributed by atoms with Gasteiger partial charge in [0.05, 0.1) is 16.3 Å². The molecule has 1 heterocycles. The van der Waals surface area contributed by atoms with Gasteiger partial charge in [0.25, 0.3) is 0 Å². The molecule has 0 spiro atoms. The topological polar surface area (TPSA) is 74.7 Å². The number of allylic oxidation sites excluding steroid dienone is 2. The van der Waals surface area contributed by atoms with Gasteiger partial charge in [0.2, 0.25) is 5.91 Å². The zero-order valence-electron chi connectivity index (χ0n) is 17.1. The number of carboxylic acids is 1.